The number of thiazole rings is 1. The van der Waals surface area contributed by atoms with Gasteiger partial charge in [0.2, 0.25) is 0 Å². The Labute approximate surface area is 145 Å². The van der Waals surface area contributed by atoms with Crippen LogP contribution in [0.3, 0.4) is 0 Å². The van der Waals surface area contributed by atoms with Crippen LogP contribution in [0.2, 0.25) is 0 Å². The number of thioether (sulfide) groups is 1. The quantitative estimate of drug-likeness (QED) is 0.477. The molecule has 4 heterocycles. The summed E-state index contributed by atoms with van der Waals surface area (Å²) in [5.74, 6) is 1.66. The van der Waals surface area contributed by atoms with Crippen molar-refractivity contribution >= 4 is 34.4 Å². The highest BCUT2D eigenvalue weighted by atomic mass is 32.2. The molecule has 0 radical (unpaired) electrons. The normalized spacial score (nSPS) is 11.1. The molecule has 4 aromatic rings. The Bertz CT molecular complexity index is 864. The lowest BCUT2D eigenvalue weighted by atomic mass is 10.4. The molecule has 23 heavy (non-hydrogen) atoms. The predicted molar refractivity (Wildman–Crippen MR) is 92.8 cm³/mol. The van der Waals surface area contributed by atoms with Gasteiger partial charge in [-0.05, 0) is 23.6 Å². The summed E-state index contributed by atoms with van der Waals surface area (Å²) in [7, 11) is 0. The minimum absolute atomic E-state index is 0.638. The van der Waals surface area contributed by atoms with Crippen molar-refractivity contribution in [3.8, 4) is 10.6 Å². The van der Waals surface area contributed by atoms with Gasteiger partial charge in [0.25, 0.3) is 0 Å². The van der Waals surface area contributed by atoms with E-state index in [2.05, 4.69) is 37.4 Å². The molecule has 0 aliphatic carbocycles. The van der Waals surface area contributed by atoms with Crippen molar-refractivity contribution in [1.29, 1.82) is 0 Å². The number of aromatic nitrogens is 4. The number of furan rings is 1. The first-order valence-electron chi connectivity index (χ1n) is 6.88. The van der Waals surface area contributed by atoms with Crippen molar-refractivity contribution in [2.45, 2.75) is 17.5 Å². The van der Waals surface area contributed by atoms with Crippen LogP contribution >= 0.6 is 34.4 Å². The first-order valence-corrected chi connectivity index (χ1v) is 9.69. The van der Waals surface area contributed by atoms with Crippen molar-refractivity contribution in [2.75, 3.05) is 0 Å². The number of nitrogens with zero attached hydrogens (tertiary/aromatic N) is 4. The van der Waals surface area contributed by atoms with Crippen LogP contribution in [0.25, 0.3) is 10.6 Å². The summed E-state index contributed by atoms with van der Waals surface area (Å²) in [6.45, 7) is 0.638. The highest BCUT2D eigenvalue weighted by Gasteiger charge is 2.10. The highest BCUT2D eigenvalue weighted by molar-refractivity contribution is 7.98. The Kier molecular flexibility index (Phi) is 4.27. The number of hydrogen-bond donors (Lipinski definition) is 0. The second-order valence-electron chi connectivity index (χ2n) is 4.77. The van der Waals surface area contributed by atoms with Gasteiger partial charge in [0.1, 0.15) is 17.1 Å². The van der Waals surface area contributed by atoms with Crippen LogP contribution in [-0.2, 0) is 12.3 Å². The van der Waals surface area contributed by atoms with Crippen LogP contribution in [0.15, 0.2) is 56.5 Å². The third-order valence-corrected chi connectivity index (χ3v) is 5.79. The minimum atomic E-state index is 0.638. The molecule has 4 aromatic heterocycles. The fourth-order valence-electron chi connectivity index (χ4n) is 2.07. The Morgan fingerprint density at radius 3 is 3.09 bits per heavy atom. The monoisotopic (exact) mass is 360 g/mol. The first-order chi connectivity index (χ1) is 11.4. The van der Waals surface area contributed by atoms with Gasteiger partial charge in [-0.1, -0.05) is 11.8 Å². The number of thiophene rings is 1. The molecule has 5 nitrogen and oxygen atoms in total. The summed E-state index contributed by atoms with van der Waals surface area (Å²) in [4.78, 5) is 4.69. The van der Waals surface area contributed by atoms with E-state index in [1.165, 1.54) is 5.56 Å². The standard InChI is InChI=1S/C15H12N4OS3/c1-2-13(20-4-1)6-19-10-16-18-15(19)23-9-12-8-22-14(17-12)11-3-5-21-7-11/h1-5,7-8,10H,6,9H2. The molecule has 116 valence electrons. The van der Waals surface area contributed by atoms with Crippen LogP contribution in [0.5, 0.6) is 0 Å². The van der Waals surface area contributed by atoms with E-state index in [0.717, 1.165) is 27.4 Å². The molecule has 0 fully saturated rings. The zero-order valence-electron chi connectivity index (χ0n) is 12.0. The summed E-state index contributed by atoms with van der Waals surface area (Å²) < 4.78 is 7.36. The molecular formula is C15H12N4OS3. The lowest BCUT2D eigenvalue weighted by Crippen LogP contribution is -1.99. The fourth-order valence-corrected chi connectivity index (χ4v) is 4.51. The third-order valence-electron chi connectivity index (χ3n) is 3.16. The summed E-state index contributed by atoms with van der Waals surface area (Å²) >= 11 is 5.00. The SMILES string of the molecule is c1coc(Cn2cnnc2SCc2csc(-c3ccsc3)n2)c1. The van der Waals surface area contributed by atoms with E-state index in [1.54, 1.807) is 47.0 Å². The summed E-state index contributed by atoms with van der Waals surface area (Å²) in [5, 5.41) is 16.4. The van der Waals surface area contributed by atoms with Gasteiger partial charge in [0, 0.05) is 22.1 Å². The lowest BCUT2D eigenvalue weighted by Gasteiger charge is -2.03. The molecule has 0 amide bonds. The molecule has 8 heteroatoms. The topological polar surface area (TPSA) is 56.7 Å². The summed E-state index contributed by atoms with van der Waals surface area (Å²) in [5.41, 5.74) is 2.26. The second kappa shape index (κ2) is 6.69. The van der Waals surface area contributed by atoms with Crippen LogP contribution in [0, 0.1) is 0 Å². The molecular weight excluding hydrogens is 348 g/mol. The maximum absolute atomic E-state index is 5.37. The summed E-state index contributed by atoms with van der Waals surface area (Å²) in [6.07, 6.45) is 3.40. The smallest absolute Gasteiger partial charge is 0.191 e. The van der Waals surface area contributed by atoms with Gasteiger partial charge >= 0.3 is 0 Å². The van der Waals surface area contributed by atoms with Crippen molar-refractivity contribution in [3.05, 3.63) is 58.4 Å². The van der Waals surface area contributed by atoms with E-state index in [9.17, 15) is 0 Å². The van der Waals surface area contributed by atoms with E-state index in [0.29, 0.717) is 6.54 Å². The zero-order valence-corrected chi connectivity index (χ0v) is 14.4. The van der Waals surface area contributed by atoms with Crippen LogP contribution in [0.1, 0.15) is 11.5 Å². The molecule has 0 saturated heterocycles. The van der Waals surface area contributed by atoms with Crippen molar-refractivity contribution in [1.82, 2.24) is 19.7 Å². The summed E-state index contributed by atoms with van der Waals surface area (Å²) in [6, 6.07) is 5.93. The van der Waals surface area contributed by atoms with Gasteiger partial charge in [0.15, 0.2) is 5.16 Å². The zero-order chi connectivity index (χ0) is 15.5. The van der Waals surface area contributed by atoms with Crippen molar-refractivity contribution in [3.63, 3.8) is 0 Å². The average molecular weight is 360 g/mol. The first kappa shape index (κ1) is 14.7. The Morgan fingerprint density at radius 2 is 2.26 bits per heavy atom. The lowest BCUT2D eigenvalue weighted by molar-refractivity contribution is 0.484. The largest absolute Gasteiger partial charge is 0.467 e. The Balaban J connectivity index is 1.43. The van der Waals surface area contributed by atoms with E-state index >= 15 is 0 Å². The van der Waals surface area contributed by atoms with E-state index in [1.807, 2.05) is 16.7 Å². The molecule has 0 unspecified atom stereocenters. The van der Waals surface area contributed by atoms with Crippen LogP contribution in [-0.4, -0.2) is 19.7 Å². The maximum Gasteiger partial charge on any atom is 0.191 e. The van der Waals surface area contributed by atoms with Gasteiger partial charge in [-0.3, -0.25) is 0 Å². The average Bonchev–Trinajstić information content (AvgIpc) is 3.34. The number of rotatable bonds is 6. The van der Waals surface area contributed by atoms with E-state index in [-0.39, 0.29) is 0 Å². The van der Waals surface area contributed by atoms with Crippen molar-refractivity contribution < 1.29 is 4.42 Å². The van der Waals surface area contributed by atoms with Crippen LogP contribution in [0.4, 0.5) is 0 Å². The maximum atomic E-state index is 5.37. The molecule has 0 spiro atoms. The minimum Gasteiger partial charge on any atom is -0.467 e. The molecule has 0 N–H and O–H groups in total. The van der Waals surface area contributed by atoms with Gasteiger partial charge in [0.05, 0.1) is 18.5 Å². The predicted octanol–water partition coefficient (Wildman–Crippen LogP) is 4.40. The van der Waals surface area contributed by atoms with Gasteiger partial charge in [-0.2, -0.15) is 11.3 Å². The fraction of sp³-hybridized carbons (Fsp3) is 0.133. The number of hydrogen-bond acceptors (Lipinski definition) is 7. The molecule has 4 rings (SSSR count). The third kappa shape index (κ3) is 3.39. The van der Waals surface area contributed by atoms with Crippen LogP contribution < -0.4 is 0 Å². The van der Waals surface area contributed by atoms with E-state index in [4.69, 9.17) is 4.42 Å². The highest BCUT2D eigenvalue weighted by Crippen LogP contribution is 2.28. The molecule has 0 saturated carbocycles. The van der Waals surface area contributed by atoms with Gasteiger partial charge in [-0.15, -0.1) is 21.5 Å². The Hall–Kier alpha value is -1.90. The van der Waals surface area contributed by atoms with Crippen molar-refractivity contribution in [2.24, 2.45) is 0 Å². The molecule has 0 bridgehead atoms. The van der Waals surface area contributed by atoms with Gasteiger partial charge < -0.3 is 8.98 Å². The molecule has 0 aliphatic rings. The van der Waals surface area contributed by atoms with E-state index < -0.39 is 0 Å². The van der Waals surface area contributed by atoms with Gasteiger partial charge in [-0.25, -0.2) is 4.98 Å². The molecule has 0 atom stereocenters. The molecule has 0 aliphatic heterocycles. The Morgan fingerprint density at radius 1 is 1.26 bits per heavy atom. The second-order valence-corrected chi connectivity index (χ2v) is 7.35. The molecule has 0 aromatic carbocycles.